The molecule has 204 valence electrons. The van der Waals surface area contributed by atoms with E-state index >= 15 is 0 Å². The van der Waals surface area contributed by atoms with E-state index in [1.54, 1.807) is 51.4 Å². The molecule has 7 unspecified atom stereocenters. The van der Waals surface area contributed by atoms with Gasteiger partial charge in [-0.2, -0.15) is 0 Å². The van der Waals surface area contributed by atoms with E-state index < -0.39 is 0 Å². The third-order valence-corrected chi connectivity index (χ3v) is 12.6. The quantitative estimate of drug-likeness (QED) is 0.234. The summed E-state index contributed by atoms with van der Waals surface area (Å²) in [5.74, 6) is 6.17. The van der Waals surface area contributed by atoms with E-state index in [1.807, 2.05) is 0 Å². The van der Waals surface area contributed by atoms with E-state index in [4.69, 9.17) is 0 Å². The zero-order chi connectivity index (χ0) is 24.9. The maximum absolute atomic E-state index is 2.83. The van der Waals surface area contributed by atoms with Crippen LogP contribution in [0.4, 0.5) is 0 Å². The second-order valence-corrected chi connectivity index (χ2v) is 14.5. The van der Waals surface area contributed by atoms with Gasteiger partial charge < -0.3 is 4.90 Å². The first-order valence-corrected chi connectivity index (χ1v) is 16.7. The molecule has 4 fully saturated rings. The zero-order valence-corrected chi connectivity index (χ0v) is 24.8. The molecule has 0 saturated heterocycles. The normalized spacial score (nSPS) is 39.8. The van der Waals surface area contributed by atoms with Crippen molar-refractivity contribution in [2.45, 2.75) is 150 Å². The van der Waals surface area contributed by atoms with Gasteiger partial charge in [0, 0.05) is 0 Å². The lowest BCUT2D eigenvalue weighted by Crippen LogP contribution is -2.53. The van der Waals surface area contributed by atoms with Gasteiger partial charge in [0.1, 0.15) is 0 Å². The third kappa shape index (κ3) is 6.01. The van der Waals surface area contributed by atoms with Crippen molar-refractivity contribution in [3.05, 3.63) is 0 Å². The first-order valence-electron chi connectivity index (χ1n) is 16.7. The van der Waals surface area contributed by atoms with Crippen LogP contribution in [-0.2, 0) is 0 Å². The van der Waals surface area contributed by atoms with Gasteiger partial charge in [-0.05, 0) is 143 Å². The second kappa shape index (κ2) is 12.7. The second-order valence-electron chi connectivity index (χ2n) is 14.5. The van der Waals surface area contributed by atoms with Crippen LogP contribution in [-0.4, -0.2) is 24.5 Å². The summed E-state index contributed by atoms with van der Waals surface area (Å²) in [5.41, 5.74) is 1.35. The fraction of sp³-hybridized carbons (Fsp3) is 1.00. The summed E-state index contributed by atoms with van der Waals surface area (Å²) < 4.78 is 0. The summed E-state index contributed by atoms with van der Waals surface area (Å²) in [7, 11) is 0. The Kier molecular flexibility index (Phi) is 10.1. The Morgan fingerprint density at radius 1 is 0.686 bits per heavy atom. The molecule has 4 aliphatic rings. The van der Waals surface area contributed by atoms with Crippen molar-refractivity contribution >= 4 is 0 Å². The summed E-state index contributed by atoms with van der Waals surface area (Å²) in [4.78, 5) is 2.83. The fourth-order valence-electron chi connectivity index (χ4n) is 10.6. The van der Waals surface area contributed by atoms with Gasteiger partial charge in [-0.1, -0.05) is 73.1 Å². The Morgan fingerprint density at radius 3 is 2.09 bits per heavy atom. The summed E-state index contributed by atoms with van der Waals surface area (Å²) in [6.45, 7) is 16.9. The maximum Gasteiger partial charge on any atom is -0.00186 e. The fourth-order valence-corrected chi connectivity index (χ4v) is 10.6. The highest BCUT2D eigenvalue weighted by Gasteiger charge is 2.60. The molecular formula is C34H63N. The van der Waals surface area contributed by atoms with E-state index in [0.29, 0.717) is 10.8 Å². The number of hydrogen-bond acceptors (Lipinski definition) is 1. The van der Waals surface area contributed by atoms with E-state index in [0.717, 1.165) is 35.5 Å². The third-order valence-electron chi connectivity index (χ3n) is 12.6. The van der Waals surface area contributed by atoms with Crippen LogP contribution < -0.4 is 0 Å². The molecule has 0 N–H and O–H groups in total. The number of nitrogens with zero attached hydrogens (tertiary/aromatic N) is 1. The minimum absolute atomic E-state index is 0.653. The topological polar surface area (TPSA) is 3.24 Å². The Morgan fingerprint density at radius 2 is 1.37 bits per heavy atom. The molecule has 0 amide bonds. The molecule has 0 aromatic carbocycles. The lowest BCUT2D eigenvalue weighted by Gasteiger charge is -2.61. The van der Waals surface area contributed by atoms with E-state index in [9.17, 15) is 0 Å². The van der Waals surface area contributed by atoms with E-state index in [1.165, 1.54) is 83.8 Å². The van der Waals surface area contributed by atoms with Crippen LogP contribution >= 0.6 is 0 Å². The van der Waals surface area contributed by atoms with Gasteiger partial charge in [0.05, 0.1) is 0 Å². The van der Waals surface area contributed by atoms with Gasteiger partial charge in [0.25, 0.3) is 0 Å². The molecule has 0 aromatic heterocycles. The van der Waals surface area contributed by atoms with Crippen LogP contribution in [0, 0.1) is 46.3 Å². The summed E-state index contributed by atoms with van der Waals surface area (Å²) in [6.07, 6.45) is 26.7. The SMILES string of the molecule is CCCCCN(CCCCC)CCC[C@@H](C)C1CCC2C3CCC4CCCCC4(C)C3CCC21C. The van der Waals surface area contributed by atoms with Gasteiger partial charge >= 0.3 is 0 Å². The largest absolute Gasteiger partial charge is 0.303 e. The first kappa shape index (κ1) is 28.0. The summed E-state index contributed by atoms with van der Waals surface area (Å²) in [6, 6.07) is 0. The maximum atomic E-state index is 2.83. The number of hydrogen-bond donors (Lipinski definition) is 0. The summed E-state index contributed by atoms with van der Waals surface area (Å²) in [5, 5.41) is 0. The molecule has 1 heteroatoms. The highest BCUT2D eigenvalue weighted by Crippen LogP contribution is 2.68. The van der Waals surface area contributed by atoms with E-state index in [2.05, 4.69) is 39.5 Å². The molecule has 0 aliphatic heterocycles. The Labute approximate surface area is 221 Å². The highest BCUT2D eigenvalue weighted by atomic mass is 15.1. The molecule has 4 saturated carbocycles. The lowest BCUT2D eigenvalue weighted by atomic mass is 9.44. The van der Waals surface area contributed by atoms with Crippen molar-refractivity contribution in [2.24, 2.45) is 46.3 Å². The predicted octanol–water partition coefficient (Wildman–Crippen LogP) is 10.1. The smallest absolute Gasteiger partial charge is 0.00186 e. The van der Waals surface area contributed by atoms with Crippen molar-refractivity contribution in [3.63, 3.8) is 0 Å². The Bertz CT molecular complexity index is 618. The monoisotopic (exact) mass is 485 g/mol. The van der Waals surface area contributed by atoms with Gasteiger partial charge in [0.15, 0.2) is 0 Å². The molecule has 4 rings (SSSR count). The van der Waals surface area contributed by atoms with Crippen molar-refractivity contribution < 1.29 is 0 Å². The van der Waals surface area contributed by atoms with Crippen LogP contribution in [0.2, 0.25) is 0 Å². The van der Waals surface area contributed by atoms with Crippen molar-refractivity contribution in [2.75, 3.05) is 19.6 Å². The van der Waals surface area contributed by atoms with Gasteiger partial charge in [-0.25, -0.2) is 0 Å². The van der Waals surface area contributed by atoms with Gasteiger partial charge in [-0.15, -0.1) is 0 Å². The predicted molar refractivity (Wildman–Crippen MR) is 154 cm³/mol. The lowest BCUT2D eigenvalue weighted by molar-refractivity contribution is -0.114. The minimum atomic E-state index is 0.653. The molecule has 8 atom stereocenters. The highest BCUT2D eigenvalue weighted by molar-refractivity contribution is 5.09. The van der Waals surface area contributed by atoms with Gasteiger partial charge in [-0.3, -0.25) is 0 Å². The number of unbranched alkanes of at least 4 members (excludes halogenated alkanes) is 4. The van der Waals surface area contributed by atoms with Crippen LogP contribution in [0.25, 0.3) is 0 Å². The minimum Gasteiger partial charge on any atom is -0.303 e. The Balaban J connectivity index is 1.31. The average Bonchev–Trinajstić information content (AvgIpc) is 3.21. The van der Waals surface area contributed by atoms with Crippen LogP contribution in [0.1, 0.15) is 150 Å². The number of rotatable bonds is 13. The molecule has 35 heavy (non-hydrogen) atoms. The zero-order valence-electron chi connectivity index (χ0n) is 24.8. The molecule has 0 bridgehead atoms. The standard InChI is InChI=1S/C34H63N/c1-6-8-12-24-35(25-13-9-7-2)26-14-15-27(3)30-19-20-31-29-18-17-28-16-10-11-22-33(28,4)32(29)21-23-34(30,31)5/h27-32H,6-26H2,1-5H3/t27-,28?,29?,30?,31?,32?,33?,34?/m1/s1. The van der Waals surface area contributed by atoms with Crippen molar-refractivity contribution in [3.8, 4) is 0 Å². The molecule has 0 radical (unpaired) electrons. The van der Waals surface area contributed by atoms with Crippen molar-refractivity contribution in [1.29, 1.82) is 0 Å². The first-order chi connectivity index (χ1) is 16.9. The molecular weight excluding hydrogens is 422 g/mol. The Hall–Kier alpha value is -0.0400. The van der Waals surface area contributed by atoms with Crippen LogP contribution in [0.5, 0.6) is 0 Å². The average molecular weight is 486 g/mol. The van der Waals surface area contributed by atoms with Crippen LogP contribution in [0.15, 0.2) is 0 Å². The molecule has 0 heterocycles. The summed E-state index contributed by atoms with van der Waals surface area (Å²) >= 11 is 0. The van der Waals surface area contributed by atoms with Gasteiger partial charge in [0.2, 0.25) is 0 Å². The molecule has 0 spiro atoms. The number of fused-ring (bicyclic) bond motifs is 5. The molecule has 4 aliphatic carbocycles. The molecule has 0 aromatic rings. The van der Waals surface area contributed by atoms with Crippen LogP contribution in [0.3, 0.4) is 0 Å². The van der Waals surface area contributed by atoms with Crippen molar-refractivity contribution in [1.82, 2.24) is 4.90 Å². The van der Waals surface area contributed by atoms with E-state index in [-0.39, 0.29) is 0 Å². The molecule has 1 nitrogen and oxygen atoms in total.